The van der Waals surface area contributed by atoms with Crippen LogP contribution < -0.4 is 5.32 Å². The maximum Gasteiger partial charge on any atom is 0.416 e. The molecule has 1 N–H and O–H groups in total. The minimum atomic E-state index is -4.25. The summed E-state index contributed by atoms with van der Waals surface area (Å²) in [4.78, 5) is 0. The first-order chi connectivity index (χ1) is 7.04. The molecule has 0 saturated heterocycles. The lowest BCUT2D eigenvalue weighted by atomic mass is 10.1. The van der Waals surface area contributed by atoms with Gasteiger partial charge in [0, 0.05) is 17.5 Å². The van der Waals surface area contributed by atoms with Gasteiger partial charge in [-0.15, -0.1) is 0 Å². The molecule has 0 aromatic heterocycles. The van der Waals surface area contributed by atoms with Gasteiger partial charge in [-0.2, -0.15) is 13.2 Å². The van der Waals surface area contributed by atoms with Crippen molar-refractivity contribution in [3.8, 4) is 0 Å². The minimum Gasteiger partial charge on any atom is -0.312 e. The van der Waals surface area contributed by atoms with Crippen LogP contribution in [0, 0.1) is 0 Å². The fraction of sp³-hybridized carbons (Fsp3) is 0.400. The first-order valence-electron chi connectivity index (χ1n) is 4.47. The number of hydrogen-bond acceptors (Lipinski definition) is 1. The van der Waals surface area contributed by atoms with Crippen molar-refractivity contribution in [3.05, 3.63) is 35.4 Å². The molecule has 0 saturated carbocycles. The summed E-state index contributed by atoms with van der Waals surface area (Å²) < 4.78 is 37.9. The molecule has 0 aliphatic carbocycles. The van der Waals surface area contributed by atoms with Gasteiger partial charge in [-0.1, -0.05) is 40.8 Å². The van der Waals surface area contributed by atoms with Gasteiger partial charge in [0.15, 0.2) is 0 Å². The first-order valence-corrected chi connectivity index (χ1v) is 5.99. The zero-order chi connectivity index (χ0) is 11.3. The molecule has 5 heteroatoms. The molecule has 0 aliphatic rings. The third kappa shape index (κ3) is 4.38. The van der Waals surface area contributed by atoms with Crippen LogP contribution in [0.3, 0.4) is 0 Å². The van der Waals surface area contributed by atoms with Gasteiger partial charge in [-0.3, -0.25) is 0 Å². The largest absolute Gasteiger partial charge is 0.416 e. The zero-order valence-corrected chi connectivity index (χ0v) is 10.1. The molecule has 1 rings (SSSR count). The Morgan fingerprint density at radius 2 is 2.00 bits per heavy atom. The number of hydrogen-bond donors (Lipinski definition) is 1. The summed E-state index contributed by atoms with van der Waals surface area (Å²) in [6.07, 6.45) is -4.25. The quantitative estimate of drug-likeness (QED) is 0.508. The number of halogens is 4. The van der Waals surface area contributed by atoms with Crippen molar-refractivity contribution in [2.45, 2.75) is 12.7 Å². The Morgan fingerprint density at radius 3 is 2.60 bits per heavy atom. The second-order valence-electron chi connectivity index (χ2n) is 3.06. The van der Waals surface area contributed by atoms with Crippen LogP contribution >= 0.6 is 22.6 Å². The number of benzene rings is 1. The molecular formula is C10H11F3IN. The van der Waals surface area contributed by atoms with Gasteiger partial charge in [0.2, 0.25) is 0 Å². The Hall–Kier alpha value is -0.300. The molecular weight excluding hydrogens is 318 g/mol. The lowest BCUT2D eigenvalue weighted by molar-refractivity contribution is -0.137. The van der Waals surface area contributed by atoms with Crippen LogP contribution in [0.5, 0.6) is 0 Å². The summed E-state index contributed by atoms with van der Waals surface area (Å²) in [6.45, 7) is 1.28. The highest BCUT2D eigenvalue weighted by Crippen LogP contribution is 2.29. The van der Waals surface area contributed by atoms with Crippen LogP contribution in [0.15, 0.2) is 24.3 Å². The van der Waals surface area contributed by atoms with Crippen LogP contribution in [0.4, 0.5) is 13.2 Å². The van der Waals surface area contributed by atoms with E-state index < -0.39 is 11.7 Å². The van der Waals surface area contributed by atoms with E-state index in [1.54, 1.807) is 6.07 Å². The Bertz CT molecular complexity index is 312. The fourth-order valence-electron chi connectivity index (χ4n) is 1.16. The predicted octanol–water partition coefficient (Wildman–Crippen LogP) is 3.23. The smallest absolute Gasteiger partial charge is 0.312 e. The molecule has 0 fully saturated rings. The highest BCUT2D eigenvalue weighted by Gasteiger charge is 2.30. The summed E-state index contributed by atoms with van der Waals surface area (Å²) in [7, 11) is 0. The van der Waals surface area contributed by atoms with Gasteiger partial charge in [-0.25, -0.2) is 0 Å². The maximum absolute atomic E-state index is 12.3. The van der Waals surface area contributed by atoms with Crippen LogP contribution in [0.1, 0.15) is 11.1 Å². The summed E-state index contributed by atoms with van der Waals surface area (Å²) in [5, 5.41) is 3.06. The average molecular weight is 329 g/mol. The Labute approximate surface area is 100 Å². The van der Waals surface area contributed by atoms with E-state index in [4.69, 9.17) is 0 Å². The molecule has 0 unspecified atom stereocenters. The fourth-order valence-corrected chi connectivity index (χ4v) is 1.54. The standard InChI is InChI=1S/C10H11F3IN/c11-10(12,13)9-3-1-2-8(6-9)7-15-5-4-14/h1-3,6,15H,4-5,7H2. The van der Waals surface area contributed by atoms with Crippen molar-refractivity contribution in [3.63, 3.8) is 0 Å². The Morgan fingerprint density at radius 1 is 1.27 bits per heavy atom. The zero-order valence-electron chi connectivity index (χ0n) is 7.94. The van der Waals surface area contributed by atoms with E-state index in [-0.39, 0.29) is 0 Å². The van der Waals surface area contributed by atoms with E-state index in [1.807, 2.05) is 0 Å². The molecule has 0 atom stereocenters. The van der Waals surface area contributed by atoms with Gasteiger partial charge in [0.25, 0.3) is 0 Å². The van der Waals surface area contributed by atoms with E-state index in [2.05, 4.69) is 27.9 Å². The molecule has 84 valence electrons. The number of alkyl halides is 4. The van der Waals surface area contributed by atoms with Crippen LogP contribution in [-0.2, 0) is 12.7 Å². The molecule has 15 heavy (non-hydrogen) atoms. The van der Waals surface area contributed by atoms with Crippen molar-refractivity contribution in [2.75, 3.05) is 11.0 Å². The third-order valence-corrected chi connectivity index (χ3v) is 2.39. The molecule has 0 radical (unpaired) electrons. The van der Waals surface area contributed by atoms with Gasteiger partial charge in [0.05, 0.1) is 5.56 Å². The van der Waals surface area contributed by atoms with E-state index >= 15 is 0 Å². The number of nitrogens with one attached hydrogen (secondary N) is 1. The van der Waals surface area contributed by atoms with Crippen molar-refractivity contribution in [1.29, 1.82) is 0 Å². The van der Waals surface area contributed by atoms with Gasteiger partial charge in [-0.05, 0) is 11.6 Å². The summed E-state index contributed by atoms with van der Waals surface area (Å²) in [5.41, 5.74) is 0.0750. The van der Waals surface area contributed by atoms with E-state index in [1.165, 1.54) is 12.1 Å². The summed E-state index contributed by atoms with van der Waals surface area (Å²) >= 11 is 2.21. The van der Waals surface area contributed by atoms with Crippen molar-refractivity contribution >= 4 is 22.6 Å². The number of rotatable bonds is 4. The lowest BCUT2D eigenvalue weighted by Gasteiger charge is -2.08. The Kier molecular flexibility index (Phi) is 4.85. The van der Waals surface area contributed by atoms with E-state index in [0.717, 1.165) is 17.0 Å². The summed E-state index contributed by atoms with van der Waals surface area (Å²) in [6, 6.07) is 5.39. The maximum atomic E-state index is 12.3. The second-order valence-corrected chi connectivity index (χ2v) is 4.14. The average Bonchev–Trinajstić information content (AvgIpc) is 2.17. The van der Waals surface area contributed by atoms with Crippen molar-refractivity contribution in [1.82, 2.24) is 5.32 Å². The summed E-state index contributed by atoms with van der Waals surface area (Å²) in [5.74, 6) is 0. The molecule has 1 aromatic carbocycles. The first kappa shape index (κ1) is 12.8. The van der Waals surface area contributed by atoms with E-state index in [0.29, 0.717) is 12.1 Å². The molecule has 0 spiro atoms. The second kappa shape index (κ2) is 5.69. The van der Waals surface area contributed by atoms with Gasteiger partial charge >= 0.3 is 6.18 Å². The van der Waals surface area contributed by atoms with Crippen molar-refractivity contribution < 1.29 is 13.2 Å². The van der Waals surface area contributed by atoms with Gasteiger partial charge in [0.1, 0.15) is 0 Å². The predicted molar refractivity (Wildman–Crippen MR) is 62.0 cm³/mol. The molecule has 1 nitrogen and oxygen atoms in total. The molecule has 0 aliphatic heterocycles. The minimum absolute atomic E-state index is 0.479. The van der Waals surface area contributed by atoms with Crippen LogP contribution in [0.2, 0.25) is 0 Å². The normalized spacial score (nSPS) is 11.7. The van der Waals surface area contributed by atoms with Crippen LogP contribution in [-0.4, -0.2) is 11.0 Å². The van der Waals surface area contributed by atoms with Gasteiger partial charge < -0.3 is 5.32 Å². The third-order valence-electron chi connectivity index (χ3n) is 1.85. The lowest BCUT2D eigenvalue weighted by Crippen LogP contribution is -2.16. The van der Waals surface area contributed by atoms with Crippen molar-refractivity contribution in [2.24, 2.45) is 0 Å². The molecule has 0 heterocycles. The van der Waals surface area contributed by atoms with Crippen LogP contribution in [0.25, 0.3) is 0 Å². The van der Waals surface area contributed by atoms with E-state index in [9.17, 15) is 13.2 Å². The topological polar surface area (TPSA) is 12.0 Å². The highest BCUT2D eigenvalue weighted by atomic mass is 127. The highest BCUT2D eigenvalue weighted by molar-refractivity contribution is 14.1. The molecule has 0 bridgehead atoms. The Balaban J connectivity index is 2.66. The molecule has 0 amide bonds. The molecule has 1 aromatic rings. The monoisotopic (exact) mass is 329 g/mol. The SMILES string of the molecule is FC(F)(F)c1cccc(CNCCI)c1.